The third kappa shape index (κ3) is 13.7. The average Bonchev–Trinajstić information content (AvgIpc) is 2.95. The Balaban J connectivity index is 2.97. The molecule has 242 valence electrons. The van der Waals surface area contributed by atoms with Crippen LogP contribution >= 0.6 is 12.6 Å². The van der Waals surface area contributed by atoms with E-state index >= 15 is 0 Å². The summed E-state index contributed by atoms with van der Waals surface area (Å²) in [5.41, 5.74) is 6.24. The lowest BCUT2D eigenvalue weighted by Gasteiger charge is -2.26. The molecule has 0 aliphatic carbocycles. The number of ether oxygens (including phenoxy) is 1. The van der Waals surface area contributed by atoms with Gasteiger partial charge in [-0.15, -0.1) is 0 Å². The van der Waals surface area contributed by atoms with Gasteiger partial charge < -0.3 is 31.7 Å². The molecule has 0 bridgehead atoms. The fourth-order valence-electron chi connectivity index (χ4n) is 3.85. The Bertz CT molecular complexity index is 1210. The number of nitrogens with one attached hydrogen (secondary N) is 4. The standard InChI is InChI=1S/C29H42N6O8S/c1-6-24(38)35(18(4)36)15-13-23(44)27(40)34-25(17(2)3)28(41)33-22(8-7-14-31-29(30)42)26(39)32-21-11-9-20(10-12-21)16-43-19(5)37/h6,9-12,17,22-23,25,44H,1,7-8,13-16H2,2-5H3,(H,32,39)(H,33,41)(H,34,40)(H3,30,31,42)/t22-,23+,25-/m0/s1. The van der Waals surface area contributed by atoms with Crippen LogP contribution in [0, 0.1) is 5.92 Å². The minimum Gasteiger partial charge on any atom is -0.461 e. The van der Waals surface area contributed by atoms with Crippen molar-refractivity contribution in [1.82, 2.24) is 20.9 Å². The number of primary amides is 1. The van der Waals surface area contributed by atoms with Gasteiger partial charge in [0.05, 0.1) is 5.25 Å². The van der Waals surface area contributed by atoms with Crippen LogP contribution in [0.3, 0.4) is 0 Å². The Labute approximate surface area is 262 Å². The molecule has 0 heterocycles. The van der Waals surface area contributed by atoms with E-state index in [1.54, 1.807) is 38.1 Å². The monoisotopic (exact) mass is 634 g/mol. The van der Waals surface area contributed by atoms with Crippen molar-refractivity contribution in [3.05, 3.63) is 42.5 Å². The van der Waals surface area contributed by atoms with E-state index in [4.69, 9.17) is 10.5 Å². The number of rotatable bonds is 17. The first-order chi connectivity index (χ1) is 20.7. The van der Waals surface area contributed by atoms with Gasteiger partial charge in [0.15, 0.2) is 0 Å². The molecule has 6 N–H and O–H groups in total. The van der Waals surface area contributed by atoms with Gasteiger partial charge in [-0.25, -0.2) is 4.79 Å². The van der Waals surface area contributed by atoms with Crippen LogP contribution in [0.25, 0.3) is 0 Å². The number of urea groups is 1. The molecule has 0 aliphatic heterocycles. The summed E-state index contributed by atoms with van der Waals surface area (Å²) in [6.45, 7) is 9.45. The number of nitrogens with two attached hydrogens (primary N) is 1. The zero-order valence-electron chi connectivity index (χ0n) is 25.4. The highest BCUT2D eigenvalue weighted by Gasteiger charge is 2.30. The summed E-state index contributed by atoms with van der Waals surface area (Å²) in [5, 5.41) is 9.52. The van der Waals surface area contributed by atoms with Gasteiger partial charge in [-0.2, -0.15) is 12.6 Å². The maximum atomic E-state index is 13.3. The molecule has 0 aliphatic rings. The normalized spacial score (nSPS) is 12.6. The topological polar surface area (TPSA) is 206 Å². The van der Waals surface area contributed by atoms with E-state index in [1.165, 1.54) is 13.8 Å². The lowest BCUT2D eigenvalue weighted by atomic mass is 10.0. The van der Waals surface area contributed by atoms with Crippen molar-refractivity contribution in [2.75, 3.05) is 18.4 Å². The van der Waals surface area contributed by atoms with Crippen LogP contribution < -0.4 is 27.0 Å². The first-order valence-electron chi connectivity index (χ1n) is 14.0. The number of nitrogens with zero attached hydrogens (tertiary/aromatic N) is 1. The number of benzene rings is 1. The van der Waals surface area contributed by atoms with E-state index in [1.807, 2.05) is 0 Å². The molecule has 0 saturated heterocycles. The molecular weight excluding hydrogens is 592 g/mol. The molecular formula is C29H42N6O8S. The molecule has 0 fully saturated rings. The van der Waals surface area contributed by atoms with Gasteiger partial charge in [0.25, 0.3) is 5.91 Å². The van der Waals surface area contributed by atoms with E-state index in [0.717, 1.165) is 11.0 Å². The highest BCUT2D eigenvalue weighted by atomic mass is 32.1. The van der Waals surface area contributed by atoms with Crippen molar-refractivity contribution < 1.29 is 38.3 Å². The predicted molar refractivity (Wildman–Crippen MR) is 166 cm³/mol. The largest absolute Gasteiger partial charge is 0.461 e. The summed E-state index contributed by atoms with van der Waals surface area (Å²) >= 11 is 4.29. The van der Waals surface area contributed by atoms with Crippen LogP contribution in [0.15, 0.2) is 36.9 Å². The van der Waals surface area contributed by atoms with E-state index in [2.05, 4.69) is 40.5 Å². The van der Waals surface area contributed by atoms with E-state index in [-0.39, 0.29) is 38.5 Å². The maximum absolute atomic E-state index is 13.3. The van der Waals surface area contributed by atoms with Gasteiger partial charge in [0.1, 0.15) is 18.7 Å². The van der Waals surface area contributed by atoms with Crippen molar-refractivity contribution in [2.45, 2.75) is 70.9 Å². The lowest BCUT2D eigenvalue weighted by molar-refractivity contribution is -0.142. The lowest BCUT2D eigenvalue weighted by Crippen LogP contribution is -2.55. The first kappa shape index (κ1) is 37.6. The number of carbonyl (C=O) groups excluding carboxylic acids is 7. The molecule has 14 nitrogen and oxygen atoms in total. The number of anilines is 1. The number of amides is 7. The van der Waals surface area contributed by atoms with Crippen LogP contribution in [0.1, 0.15) is 52.5 Å². The Kier molecular flexibility index (Phi) is 16.2. The molecule has 0 unspecified atom stereocenters. The Morgan fingerprint density at radius 1 is 0.977 bits per heavy atom. The van der Waals surface area contributed by atoms with Crippen LogP contribution in [0.2, 0.25) is 0 Å². The van der Waals surface area contributed by atoms with Gasteiger partial charge in [0, 0.05) is 32.6 Å². The number of esters is 1. The molecule has 0 aromatic heterocycles. The highest BCUT2D eigenvalue weighted by Crippen LogP contribution is 2.13. The SMILES string of the molecule is C=CC(=O)N(CC[C@@H](S)C(=O)N[C@H](C(=O)N[C@@H](CCCNC(N)=O)C(=O)Nc1ccc(COC(C)=O)cc1)C(C)C)C(C)=O. The molecule has 0 radical (unpaired) electrons. The van der Waals surface area contributed by atoms with Crippen LogP contribution in [0.5, 0.6) is 0 Å². The third-order valence-electron chi connectivity index (χ3n) is 6.26. The fraction of sp³-hybridized carbons (Fsp3) is 0.483. The number of carbonyl (C=O) groups is 7. The number of hydrogen-bond acceptors (Lipinski definition) is 9. The molecule has 7 amide bonds. The quantitative estimate of drug-likeness (QED) is 0.0630. The van der Waals surface area contributed by atoms with Crippen LogP contribution in [-0.4, -0.2) is 76.9 Å². The summed E-state index contributed by atoms with van der Waals surface area (Å²) in [6.07, 6.45) is 1.45. The first-order valence-corrected chi connectivity index (χ1v) is 14.5. The van der Waals surface area contributed by atoms with Crippen molar-refractivity contribution in [2.24, 2.45) is 11.7 Å². The number of imide groups is 1. The summed E-state index contributed by atoms with van der Waals surface area (Å²) in [4.78, 5) is 86.1. The van der Waals surface area contributed by atoms with Gasteiger partial charge in [0.2, 0.25) is 23.6 Å². The summed E-state index contributed by atoms with van der Waals surface area (Å²) in [5.74, 6) is -3.69. The van der Waals surface area contributed by atoms with Crippen molar-refractivity contribution >= 4 is 59.9 Å². The van der Waals surface area contributed by atoms with Crippen LogP contribution in [0.4, 0.5) is 10.5 Å². The molecule has 3 atom stereocenters. The molecule has 1 aromatic carbocycles. The third-order valence-corrected chi connectivity index (χ3v) is 6.75. The van der Waals surface area contributed by atoms with Gasteiger partial charge >= 0.3 is 12.0 Å². The van der Waals surface area contributed by atoms with Crippen molar-refractivity contribution in [3.63, 3.8) is 0 Å². The molecule has 44 heavy (non-hydrogen) atoms. The maximum Gasteiger partial charge on any atom is 0.312 e. The van der Waals surface area contributed by atoms with Crippen molar-refractivity contribution in [1.29, 1.82) is 0 Å². The second-order valence-electron chi connectivity index (χ2n) is 10.2. The minimum atomic E-state index is -1.05. The zero-order chi connectivity index (χ0) is 33.4. The molecule has 0 spiro atoms. The Morgan fingerprint density at radius 3 is 2.14 bits per heavy atom. The second-order valence-corrected chi connectivity index (χ2v) is 10.8. The summed E-state index contributed by atoms with van der Waals surface area (Å²) in [7, 11) is 0. The van der Waals surface area contributed by atoms with E-state index < -0.39 is 58.9 Å². The van der Waals surface area contributed by atoms with E-state index in [0.29, 0.717) is 17.7 Å². The van der Waals surface area contributed by atoms with Crippen LogP contribution in [-0.2, 0) is 40.1 Å². The van der Waals surface area contributed by atoms with Crippen molar-refractivity contribution in [3.8, 4) is 0 Å². The smallest absolute Gasteiger partial charge is 0.312 e. The number of hydrogen-bond donors (Lipinski definition) is 6. The minimum absolute atomic E-state index is 0.0259. The summed E-state index contributed by atoms with van der Waals surface area (Å²) < 4.78 is 4.95. The van der Waals surface area contributed by atoms with Gasteiger partial charge in [-0.05, 0) is 49.0 Å². The molecule has 0 saturated carbocycles. The molecule has 1 aromatic rings. The highest BCUT2D eigenvalue weighted by molar-refractivity contribution is 7.81. The summed E-state index contributed by atoms with van der Waals surface area (Å²) in [6, 6.07) is 3.75. The molecule has 1 rings (SSSR count). The number of thiol groups is 1. The van der Waals surface area contributed by atoms with Gasteiger partial charge in [-0.3, -0.25) is 33.7 Å². The van der Waals surface area contributed by atoms with E-state index in [9.17, 15) is 33.6 Å². The van der Waals surface area contributed by atoms with Gasteiger partial charge in [-0.1, -0.05) is 32.6 Å². The predicted octanol–water partition coefficient (Wildman–Crippen LogP) is 1.01. The average molecular weight is 635 g/mol. The Morgan fingerprint density at radius 2 is 1.61 bits per heavy atom. The molecule has 15 heteroatoms. The Hall–Kier alpha value is -4.40. The zero-order valence-corrected chi connectivity index (χ0v) is 26.3. The fourth-order valence-corrected chi connectivity index (χ4v) is 4.04. The second kappa shape index (κ2) is 19.0.